The van der Waals surface area contributed by atoms with Crippen LogP contribution in [0.3, 0.4) is 0 Å². The number of anilines is 1. The van der Waals surface area contributed by atoms with Gasteiger partial charge in [0.1, 0.15) is 6.04 Å². The molecule has 1 saturated heterocycles. The van der Waals surface area contributed by atoms with Crippen molar-refractivity contribution in [2.24, 2.45) is 0 Å². The van der Waals surface area contributed by atoms with E-state index in [4.69, 9.17) is 0 Å². The van der Waals surface area contributed by atoms with E-state index in [9.17, 15) is 14.4 Å². The zero-order valence-corrected chi connectivity index (χ0v) is 14.7. The van der Waals surface area contributed by atoms with E-state index in [0.29, 0.717) is 18.5 Å². The van der Waals surface area contributed by atoms with Crippen molar-refractivity contribution >= 4 is 29.5 Å². The first-order valence-electron chi connectivity index (χ1n) is 9.26. The molecule has 134 valence electrons. The third-order valence-electron chi connectivity index (χ3n) is 6.31. The van der Waals surface area contributed by atoms with Gasteiger partial charge in [-0.1, -0.05) is 12.1 Å². The average Bonchev–Trinajstić information content (AvgIpc) is 3.13. The molecule has 5 rings (SSSR count). The fourth-order valence-corrected chi connectivity index (χ4v) is 4.83. The summed E-state index contributed by atoms with van der Waals surface area (Å²) in [6, 6.07) is 3.30. The van der Waals surface area contributed by atoms with Crippen LogP contribution in [0.25, 0.3) is 6.08 Å². The second-order valence-corrected chi connectivity index (χ2v) is 7.94. The summed E-state index contributed by atoms with van der Waals surface area (Å²) in [6.45, 7) is 2.64. The van der Waals surface area contributed by atoms with Crippen molar-refractivity contribution in [3.63, 3.8) is 0 Å². The summed E-state index contributed by atoms with van der Waals surface area (Å²) in [4.78, 5) is 38.2. The van der Waals surface area contributed by atoms with Gasteiger partial charge < -0.3 is 10.2 Å². The van der Waals surface area contributed by atoms with E-state index < -0.39 is 6.04 Å². The topological polar surface area (TPSA) is 78.5 Å². The molecule has 2 atom stereocenters. The van der Waals surface area contributed by atoms with E-state index in [1.54, 1.807) is 4.90 Å². The minimum atomic E-state index is -0.569. The van der Waals surface area contributed by atoms with Crippen LogP contribution in [0.2, 0.25) is 0 Å². The zero-order chi connectivity index (χ0) is 18.1. The third-order valence-corrected chi connectivity index (χ3v) is 6.31. The van der Waals surface area contributed by atoms with Crippen LogP contribution in [0, 0.1) is 0 Å². The molecule has 26 heavy (non-hydrogen) atoms. The van der Waals surface area contributed by atoms with Crippen molar-refractivity contribution in [1.29, 1.82) is 0 Å². The van der Waals surface area contributed by atoms with Crippen LogP contribution in [-0.2, 0) is 16.1 Å². The van der Waals surface area contributed by atoms with Gasteiger partial charge in [0, 0.05) is 29.8 Å². The first kappa shape index (κ1) is 15.6. The first-order chi connectivity index (χ1) is 12.5. The van der Waals surface area contributed by atoms with Gasteiger partial charge in [-0.15, -0.1) is 0 Å². The van der Waals surface area contributed by atoms with Gasteiger partial charge in [-0.3, -0.25) is 19.7 Å². The lowest BCUT2D eigenvalue weighted by Crippen LogP contribution is -2.52. The molecule has 3 heterocycles. The molecule has 0 radical (unpaired) electrons. The van der Waals surface area contributed by atoms with Gasteiger partial charge in [0.05, 0.1) is 5.54 Å². The predicted molar refractivity (Wildman–Crippen MR) is 96.3 cm³/mol. The van der Waals surface area contributed by atoms with Gasteiger partial charge in [0.25, 0.3) is 5.91 Å². The van der Waals surface area contributed by atoms with Crippen LogP contribution in [0.1, 0.15) is 60.5 Å². The molecule has 0 bridgehead atoms. The lowest BCUT2D eigenvalue weighted by Gasteiger charge is -2.35. The Morgan fingerprint density at radius 3 is 2.85 bits per heavy atom. The van der Waals surface area contributed by atoms with E-state index in [-0.39, 0.29) is 29.7 Å². The van der Waals surface area contributed by atoms with Gasteiger partial charge in [-0.05, 0) is 49.8 Å². The molecule has 1 aromatic carbocycles. The molecule has 4 aliphatic rings. The quantitative estimate of drug-likeness (QED) is 0.761. The Hall–Kier alpha value is -2.63. The van der Waals surface area contributed by atoms with Crippen molar-refractivity contribution < 1.29 is 14.4 Å². The standard InChI is InChI=1S/C20H21N3O3/c1-20-8-2-3-12(20)9-11-4-5-13-14(17(11)22-20)10-23(19(13)26)15-6-7-16(24)21-18(15)25/h4-5,9,15,22H,2-3,6-8,10H2,1H3,(H,21,24,25). The molecule has 1 saturated carbocycles. The smallest absolute Gasteiger partial charge is 0.255 e. The maximum absolute atomic E-state index is 12.9. The first-order valence-corrected chi connectivity index (χ1v) is 9.26. The van der Waals surface area contributed by atoms with E-state index in [2.05, 4.69) is 23.6 Å². The van der Waals surface area contributed by atoms with E-state index in [1.807, 2.05) is 12.1 Å². The summed E-state index contributed by atoms with van der Waals surface area (Å²) in [5, 5.41) is 6.05. The Labute approximate surface area is 151 Å². The fourth-order valence-electron chi connectivity index (χ4n) is 4.83. The number of fused-ring (bicyclic) bond motifs is 4. The maximum atomic E-state index is 12.9. The fraction of sp³-hybridized carbons (Fsp3) is 0.450. The molecule has 6 heteroatoms. The van der Waals surface area contributed by atoms with Crippen LogP contribution in [0.4, 0.5) is 5.69 Å². The molecule has 0 aromatic heterocycles. The molecule has 1 aromatic rings. The molecule has 2 N–H and O–H groups in total. The Morgan fingerprint density at radius 1 is 1.19 bits per heavy atom. The van der Waals surface area contributed by atoms with Gasteiger partial charge in [0.2, 0.25) is 11.8 Å². The monoisotopic (exact) mass is 351 g/mol. The Morgan fingerprint density at radius 2 is 2.04 bits per heavy atom. The SMILES string of the molecule is CC12CCCC1=Cc1ccc3c(c1N2)CN(C1CCC(=O)NC1=O)C3=O. The van der Waals surface area contributed by atoms with Crippen LogP contribution >= 0.6 is 0 Å². The average molecular weight is 351 g/mol. The Balaban J connectivity index is 1.52. The largest absolute Gasteiger partial charge is 0.375 e. The molecular formula is C20H21N3O3. The summed E-state index contributed by atoms with van der Waals surface area (Å²) >= 11 is 0. The molecule has 2 unspecified atom stereocenters. The number of carbonyl (C=O) groups is 3. The molecule has 0 spiro atoms. The number of amides is 3. The second kappa shape index (κ2) is 5.19. The molecule has 3 aliphatic heterocycles. The van der Waals surface area contributed by atoms with Crippen molar-refractivity contribution in [2.45, 2.75) is 57.2 Å². The van der Waals surface area contributed by atoms with Crippen LogP contribution in [0.5, 0.6) is 0 Å². The molecule has 6 nitrogen and oxygen atoms in total. The number of piperidine rings is 1. The number of imide groups is 1. The van der Waals surface area contributed by atoms with Gasteiger partial charge in [-0.2, -0.15) is 0 Å². The normalized spacial score (nSPS) is 29.6. The highest BCUT2D eigenvalue weighted by atomic mass is 16.2. The highest BCUT2D eigenvalue weighted by molar-refractivity contribution is 6.06. The highest BCUT2D eigenvalue weighted by Crippen LogP contribution is 2.46. The lowest BCUT2D eigenvalue weighted by atomic mass is 9.87. The third kappa shape index (κ3) is 2.08. The van der Waals surface area contributed by atoms with Gasteiger partial charge >= 0.3 is 0 Å². The van der Waals surface area contributed by atoms with Crippen molar-refractivity contribution in [3.8, 4) is 0 Å². The van der Waals surface area contributed by atoms with Gasteiger partial charge in [-0.25, -0.2) is 0 Å². The lowest BCUT2D eigenvalue weighted by molar-refractivity contribution is -0.136. The molecule has 2 fully saturated rings. The minimum absolute atomic E-state index is 0.0345. The highest BCUT2D eigenvalue weighted by Gasteiger charge is 2.43. The summed E-state index contributed by atoms with van der Waals surface area (Å²) in [6.07, 6.45) is 6.30. The van der Waals surface area contributed by atoms with E-state index >= 15 is 0 Å². The van der Waals surface area contributed by atoms with Crippen LogP contribution < -0.4 is 10.6 Å². The van der Waals surface area contributed by atoms with Crippen LogP contribution in [0.15, 0.2) is 17.7 Å². The summed E-state index contributed by atoms with van der Waals surface area (Å²) in [5.41, 5.74) is 5.18. The number of benzene rings is 1. The Kier molecular flexibility index (Phi) is 3.12. The van der Waals surface area contributed by atoms with Crippen molar-refractivity contribution in [3.05, 3.63) is 34.4 Å². The van der Waals surface area contributed by atoms with Crippen molar-refractivity contribution in [1.82, 2.24) is 10.2 Å². The molecular weight excluding hydrogens is 330 g/mol. The number of carbonyl (C=O) groups excluding carboxylic acids is 3. The number of nitrogens with zero attached hydrogens (tertiary/aromatic N) is 1. The Bertz CT molecular complexity index is 904. The second-order valence-electron chi connectivity index (χ2n) is 7.94. The summed E-state index contributed by atoms with van der Waals surface area (Å²) in [7, 11) is 0. The number of hydrogen-bond donors (Lipinski definition) is 2. The summed E-state index contributed by atoms with van der Waals surface area (Å²) < 4.78 is 0. The number of nitrogens with one attached hydrogen (secondary N) is 2. The predicted octanol–water partition coefficient (Wildman–Crippen LogP) is 2.20. The maximum Gasteiger partial charge on any atom is 0.255 e. The van der Waals surface area contributed by atoms with Crippen LogP contribution in [-0.4, -0.2) is 34.2 Å². The summed E-state index contributed by atoms with van der Waals surface area (Å²) in [5.74, 6) is -0.749. The van der Waals surface area contributed by atoms with E-state index in [1.165, 1.54) is 12.0 Å². The number of hydrogen-bond acceptors (Lipinski definition) is 4. The van der Waals surface area contributed by atoms with E-state index in [0.717, 1.165) is 29.7 Å². The van der Waals surface area contributed by atoms with Crippen molar-refractivity contribution in [2.75, 3.05) is 5.32 Å². The number of rotatable bonds is 1. The molecule has 1 aliphatic carbocycles. The molecule has 3 amide bonds. The zero-order valence-electron chi connectivity index (χ0n) is 14.7. The minimum Gasteiger partial charge on any atom is -0.375 e. The van der Waals surface area contributed by atoms with Gasteiger partial charge in [0.15, 0.2) is 0 Å².